The van der Waals surface area contributed by atoms with E-state index in [0.717, 1.165) is 10.6 Å². The molecule has 0 saturated carbocycles. The Bertz CT molecular complexity index is 533. The van der Waals surface area contributed by atoms with E-state index < -0.39 is 0 Å². The molecular weight excluding hydrogens is 300 g/mol. The van der Waals surface area contributed by atoms with Crippen molar-refractivity contribution in [3.63, 3.8) is 0 Å². The molecule has 2 rings (SSSR count). The summed E-state index contributed by atoms with van der Waals surface area (Å²) in [5, 5.41) is 2.59. The molecule has 0 aliphatic carbocycles. The Labute approximate surface area is 135 Å². The zero-order chi connectivity index (χ0) is 16.1. The number of carbonyl (C=O) groups is 2. The lowest BCUT2D eigenvalue weighted by Gasteiger charge is -2.32. The first kappa shape index (κ1) is 16.8. The van der Waals surface area contributed by atoms with E-state index in [0.29, 0.717) is 19.7 Å². The van der Waals surface area contributed by atoms with Gasteiger partial charge < -0.3 is 15.0 Å². The van der Waals surface area contributed by atoms with Crippen LogP contribution < -0.4 is 5.32 Å². The van der Waals surface area contributed by atoms with Crippen molar-refractivity contribution in [2.24, 2.45) is 0 Å². The van der Waals surface area contributed by atoms with Crippen LogP contribution in [0, 0.1) is 0 Å². The molecule has 2 amide bonds. The number of amides is 2. The summed E-state index contributed by atoms with van der Waals surface area (Å²) in [4.78, 5) is 26.3. The quantitative estimate of drug-likeness (QED) is 0.865. The smallest absolute Gasteiger partial charge is 0.235 e. The Hall–Kier alpha value is -1.53. The minimum absolute atomic E-state index is 0.0922. The van der Waals surface area contributed by atoms with E-state index >= 15 is 0 Å². The van der Waals surface area contributed by atoms with Crippen LogP contribution in [0.4, 0.5) is 5.69 Å². The lowest BCUT2D eigenvalue weighted by atomic mass is 10.3. The fraction of sp³-hybridized carbons (Fsp3) is 0.500. The molecule has 1 aromatic carbocycles. The Morgan fingerprint density at radius 1 is 1.36 bits per heavy atom. The van der Waals surface area contributed by atoms with Gasteiger partial charge in [0.15, 0.2) is 0 Å². The van der Waals surface area contributed by atoms with E-state index in [9.17, 15) is 9.59 Å². The first-order valence-corrected chi connectivity index (χ1v) is 8.28. The highest BCUT2D eigenvalue weighted by Crippen LogP contribution is 2.26. The van der Waals surface area contributed by atoms with E-state index in [1.165, 1.54) is 18.7 Å². The van der Waals surface area contributed by atoms with Crippen molar-refractivity contribution >= 4 is 29.3 Å². The van der Waals surface area contributed by atoms with Crippen LogP contribution in [-0.2, 0) is 14.3 Å². The Morgan fingerprint density at radius 3 is 2.64 bits per heavy atom. The molecule has 120 valence electrons. The highest BCUT2D eigenvalue weighted by atomic mass is 32.2. The van der Waals surface area contributed by atoms with E-state index in [1.807, 2.05) is 43.0 Å². The molecule has 1 aromatic rings. The third-order valence-electron chi connectivity index (χ3n) is 3.39. The highest BCUT2D eigenvalue weighted by molar-refractivity contribution is 8.00. The summed E-state index contributed by atoms with van der Waals surface area (Å²) < 4.78 is 5.47. The number of morpholine rings is 1. The predicted octanol–water partition coefficient (Wildman–Crippen LogP) is 2.37. The van der Waals surface area contributed by atoms with Gasteiger partial charge in [-0.15, -0.1) is 11.8 Å². The molecule has 0 bridgehead atoms. The molecule has 1 fully saturated rings. The molecule has 1 N–H and O–H groups in total. The third kappa shape index (κ3) is 4.74. The van der Waals surface area contributed by atoms with Crippen LogP contribution in [0.3, 0.4) is 0 Å². The maximum absolute atomic E-state index is 12.5. The highest BCUT2D eigenvalue weighted by Gasteiger charge is 2.25. The molecule has 0 spiro atoms. The van der Waals surface area contributed by atoms with Crippen LogP contribution >= 0.6 is 11.8 Å². The van der Waals surface area contributed by atoms with Gasteiger partial charge in [0.25, 0.3) is 0 Å². The monoisotopic (exact) mass is 322 g/mol. The number of anilines is 1. The van der Waals surface area contributed by atoms with Gasteiger partial charge in [-0.25, -0.2) is 0 Å². The predicted molar refractivity (Wildman–Crippen MR) is 88.1 cm³/mol. The summed E-state index contributed by atoms with van der Waals surface area (Å²) >= 11 is 1.53. The first-order valence-electron chi connectivity index (χ1n) is 7.40. The number of rotatable bonds is 4. The second-order valence-electron chi connectivity index (χ2n) is 5.43. The minimum Gasteiger partial charge on any atom is -0.375 e. The number of nitrogens with zero attached hydrogens (tertiary/aromatic N) is 1. The summed E-state index contributed by atoms with van der Waals surface area (Å²) in [6.07, 6.45) is 0.104. The molecule has 1 saturated heterocycles. The van der Waals surface area contributed by atoms with Gasteiger partial charge in [-0.1, -0.05) is 0 Å². The summed E-state index contributed by atoms with van der Waals surface area (Å²) in [5.41, 5.74) is 0.762. The summed E-state index contributed by atoms with van der Waals surface area (Å²) in [5.74, 6) is 0.0523. The third-order valence-corrected chi connectivity index (χ3v) is 4.49. The lowest BCUT2D eigenvalue weighted by Crippen LogP contribution is -2.47. The van der Waals surface area contributed by atoms with E-state index in [-0.39, 0.29) is 23.2 Å². The van der Waals surface area contributed by atoms with Gasteiger partial charge in [0.2, 0.25) is 11.8 Å². The van der Waals surface area contributed by atoms with Crippen molar-refractivity contribution in [3.05, 3.63) is 24.3 Å². The SMILES string of the molecule is CC(=O)Nc1ccc(SC(C)C(=O)N2CCOC(C)C2)cc1. The van der Waals surface area contributed by atoms with Crippen LogP contribution in [0.2, 0.25) is 0 Å². The molecule has 2 atom stereocenters. The topological polar surface area (TPSA) is 58.6 Å². The Balaban J connectivity index is 1.91. The maximum Gasteiger partial charge on any atom is 0.235 e. The van der Waals surface area contributed by atoms with Gasteiger partial charge >= 0.3 is 0 Å². The van der Waals surface area contributed by atoms with Crippen LogP contribution in [0.1, 0.15) is 20.8 Å². The number of nitrogens with one attached hydrogen (secondary N) is 1. The Kier molecular flexibility index (Phi) is 5.85. The minimum atomic E-state index is -0.142. The van der Waals surface area contributed by atoms with E-state index in [2.05, 4.69) is 5.32 Å². The van der Waals surface area contributed by atoms with Gasteiger partial charge in [0.05, 0.1) is 18.0 Å². The van der Waals surface area contributed by atoms with Crippen LogP contribution in [-0.4, -0.2) is 47.8 Å². The molecule has 1 aliphatic heterocycles. The van der Waals surface area contributed by atoms with Crippen LogP contribution in [0.25, 0.3) is 0 Å². The Morgan fingerprint density at radius 2 is 2.05 bits per heavy atom. The number of carbonyl (C=O) groups excluding carboxylic acids is 2. The van der Waals surface area contributed by atoms with Crippen molar-refractivity contribution in [1.82, 2.24) is 4.90 Å². The summed E-state index contributed by atoms with van der Waals surface area (Å²) in [6, 6.07) is 7.53. The number of hydrogen-bond donors (Lipinski definition) is 1. The van der Waals surface area contributed by atoms with Crippen molar-refractivity contribution in [2.75, 3.05) is 25.0 Å². The zero-order valence-corrected chi connectivity index (χ0v) is 14.0. The van der Waals surface area contributed by atoms with Gasteiger partial charge in [0, 0.05) is 30.6 Å². The molecular formula is C16H22N2O3S. The zero-order valence-electron chi connectivity index (χ0n) is 13.2. The average molecular weight is 322 g/mol. The molecule has 1 aliphatic rings. The van der Waals surface area contributed by atoms with Crippen molar-refractivity contribution in [3.8, 4) is 0 Å². The number of thioether (sulfide) groups is 1. The molecule has 5 nitrogen and oxygen atoms in total. The summed E-state index contributed by atoms with van der Waals surface area (Å²) in [7, 11) is 0. The van der Waals surface area contributed by atoms with Crippen LogP contribution in [0.5, 0.6) is 0 Å². The fourth-order valence-corrected chi connectivity index (χ4v) is 3.30. The fourth-order valence-electron chi connectivity index (χ4n) is 2.35. The molecule has 22 heavy (non-hydrogen) atoms. The normalized spacial score (nSPS) is 19.6. The lowest BCUT2D eigenvalue weighted by molar-refractivity contribution is -0.137. The molecule has 2 unspecified atom stereocenters. The average Bonchev–Trinajstić information content (AvgIpc) is 2.48. The van der Waals surface area contributed by atoms with E-state index in [4.69, 9.17) is 4.74 Å². The second kappa shape index (κ2) is 7.65. The van der Waals surface area contributed by atoms with Gasteiger partial charge in [-0.05, 0) is 38.1 Å². The second-order valence-corrected chi connectivity index (χ2v) is 6.85. The molecule has 1 heterocycles. The number of ether oxygens (including phenoxy) is 1. The molecule has 0 aromatic heterocycles. The standard InChI is InChI=1S/C16H22N2O3S/c1-11-10-18(8-9-21-11)16(20)12(2)22-15-6-4-14(5-7-15)17-13(3)19/h4-7,11-12H,8-10H2,1-3H3,(H,17,19). The number of hydrogen-bond acceptors (Lipinski definition) is 4. The molecule has 0 radical (unpaired) electrons. The largest absolute Gasteiger partial charge is 0.375 e. The van der Waals surface area contributed by atoms with Crippen molar-refractivity contribution < 1.29 is 14.3 Å². The molecule has 6 heteroatoms. The van der Waals surface area contributed by atoms with Gasteiger partial charge in [-0.2, -0.15) is 0 Å². The summed E-state index contributed by atoms with van der Waals surface area (Å²) in [6.45, 7) is 7.32. The number of benzene rings is 1. The van der Waals surface area contributed by atoms with E-state index in [1.54, 1.807) is 0 Å². The van der Waals surface area contributed by atoms with Crippen LogP contribution in [0.15, 0.2) is 29.2 Å². The van der Waals surface area contributed by atoms with Crippen molar-refractivity contribution in [2.45, 2.75) is 37.0 Å². The first-order chi connectivity index (χ1) is 10.5. The van der Waals surface area contributed by atoms with Crippen molar-refractivity contribution in [1.29, 1.82) is 0 Å². The van der Waals surface area contributed by atoms with Gasteiger partial charge in [0.1, 0.15) is 0 Å². The maximum atomic E-state index is 12.5. The van der Waals surface area contributed by atoms with Gasteiger partial charge in [-0.3, -0.25) is 9.59 Å².